The van der Waals surface area contributed by atoms with Crippen molar-refractivity contribution in [3.05, 3.63) is 17.0 Å². The van der Waals surface area contributed by atoms with Crippen LogP contribution in [0.15, 0.2) is 16.3 Å². The number of thiophene rings is 1. The van der Waals surface area contributed by atoms with Crippen LogP contribution in [-0.2, 0) is 16.4 Å². The quantitative estimate of drug-likeness (QED) is 0.772. The van der Waals surface area contributed by atoms with Crippen LogP contribution in [-0.4, -0.2) is 21.5 Å². The number of rotatable bonds is 8. The van der Waals surface area contributed by atoms with Gasteiger partial charge in [0.25, 0.3) is 0 Å². The van der Waals surface area contributed by atoms with E-state index in [1.807, 2.05) is 6.07 Å². The summed E-state index contributed by atoms with van der Waals surface area (Å²) in [7, 11) is -3.34. The van der Waals surface area contributed by atoms with Gasteiger partial charge < -0.3 is 5.73 Å². The topological polar surface area (TPSA) is 72.2 Å². The Kier molecular flexibility index (Phi) is 4.66. The van der Waals surface area contributed by atoms with Gasteiger partial charge in [0.1, 0.15) is 4.21 Å². The minimum Gasteiger partial charge on any atom is -0.330 e. The molecule has 1 fully saturated rings. The van der Waals surface area contributed by atoms with Crippen LogP contribution in [0.5, 0.6) is 0 Å². The van der Waals surface area contributed by atoms with E-state index in [0.717, 1.165) is 37.0 Å². The zero-order valence-electron chi connectivity index (χ0n) is 11.3. The molecule has 0 saturated heterocycles. The van der Waals surface area contributed by atoms with Crippen LogP contribution in [0.2, 0.25) is 0 Å². The fourth-order valence-corrected chi connectivity index (χ4v) is 4.89. The van der Waals surface area contributed by atoms with Crippen LogP contribution >= 0.6 is 11.3 Å². The lowest BCUT2D eigenvalue weighted by Gasteiger charge is -2.14. The molecule has 0 aliphatic heterocycles. The normalized spacial score (nSPS) is 17.6. The molecule has 0 radical (unpaired) electrons. The predicted octanol–water partition coefficient (Wildman–Crippen LogP) is 2.11. The Morgan fingerprint density at radius 1 is 1.42 bits per heavy atom. The Balaban J connectivity index is 1.97. The van der Waals surface area contributed by atoms with Crippen molar-refractivity contribution in [3.63, 3.8) is 0 Å². The summed E-state index contributed by atoms with van der Waals surface area (Å²) in [6.07, 6.45) is 5.25. The predicted molar refractivity (Wildman–Crippen MR) is 78.8 cm³/mol. The molecule has 1 aliphatic carbocycles. The number of nitrogens with one attached hydrogen (secondary N) is 1. The Morgan fingerprint density at radius 3 is 2.74 bits per heavy atom. The SMILES string of the molecule is CCCC1(CNS(=O)(=O)c2ccc(CCN)s2)CC1. The van der Waals surface area contributed by atoms with Gasteiger partial charge in [0.2, 0.25) is 10.0 Å². The van der Waals surface area contributed by atoms with Gasteiger partial charge >= 0.3 is 0 Å². The maximum atomic E-state index is 12.2. The minimum atomic E-state index is -3.34. The number of nitrogens with two attached hydrogens (primary N) is 1. The van der Waals surface area contributed by atoms with Gasteiger partial charge in [-0.05, 0) is 49.8 Å². The third-order valence-corrected chi connectivity index (χ3v) is 6.71. The summed E-state index contributed by atoms with van der Waals surface area (Å²) >= 11 is 1.32. The Bertz CT molecular complexity index is 519. The third-order valence-electron chi connectivity index (χ3n) is 3.67. The van der Waals surface area contributed by atoms with Gasteiger partial charge in [-0.25, -0.2) is 13.1 Å². The van der Waals surface area contributed by atoms with Crippen molar-refractivity contribution in [1.29, 1.82) is 0 Å². The van der Waals surface area contributed by atoms with Crippen LogP contribution in [0.25, 0.3) is 0 Å². The van der Waals surface area contributed by atoms with Crippen LogP contribution in [0, 0.1) is 5.41 Å². The van der Waals surface area contributed by atoms with Gasteiger partial charge in [-0.3, -0.25) is 0 Å². The van der Waals surface area contributed by atoms with Gasteiger partial charge in [-0.1, -0.05) is 13.3 Å². The molecule has 0 bridgehead atoms. The summed E-state index contributed by atoms with van der Waals surface area (Å²) in [6, 6.07) is 3.53. The minimum absolute atomic E-state index is 0.235. The second-order valence-electron chi connectivity index (χ2n) is 5.33. The van der Waals surface area contributed by atoms with E-state index >= 15 is 0 Å². The highest BCUT2D eigenvalue weighted by Gasteiger charge is 2.42. The molecule has 0 aromatic carbocycles. The zero-order chi connectivity index (χ0) is 13.9. The lowest BCUT2D eigenvalue weighted by Crippen LogP contribution is -2.29. The Labute approximate surface area is 119 Å². The summed E-state index contributed by atoms with van der Waals surface area (Å²) in [5.74, 6) is 0. The molecule has 1 aromatic heterocycles. The van der Waals surface area contributed by atoms with Crippen LogP contribution in [0.1, 0.15) is 37.5 Å². The van der Waals surface area contributed by atoms with Gasteiger partial charge in [-0.2, -0.15) is 0 Å². The molecule has 1 saturated carbocycles. The van der Waals surface area contributed by atoms with Crippen LogP contribution in [0.3, 0.4) is 0 Å². The Hall–Kier alpha value is -0.430. The van der Waals surface area contributed by atoms with Crippen LogP contribution in [0.4, 0.5) is 0 Å². The first-order valence-electron chi connectivity index (χ1n) is 6.80. The highest BCUT2D eigenvalue weighted by Crippen LogP contribution is 2.49. The first-order valence-corrected chi connectivity index (χ1v) is 9.10. The average molecular weight is 302 g/mol. The molecule has 6 heteroatoms. The average Bonchev–Trinajstić information content (AvgIpc) is 2.96. The second-order valence-corrected chi connectivity index (χ2v) is 8.50. The van der Waals surface area contributed by atoms with Crippen LogP contribution < -0.4 is 10.5 Å². The van der Waals surface area contributed by atoms with Crippen molar-refractivity contribution in [1.82, 2.24) is 4.72 Å². The van der Waals surface area contributed by atoms with E-state index in [9.17, 15) is 8.42 Å². The summed E-state index contributed by atoms with van der Waals surface area (Å²) in [5, 5.41) is 0. The van der Waals surface area contributed by atoms with E-state index in [1.165, 1.54) is 11.3 Å². The standard InChI is InChI=1S/C13H22N2O2S2/c1-2-6-13(7-8-13)10-15-19(16,17)12-4-3-11(18-12)5-9-14/h3-4,15H,2,5-10,14H2,1H3. The van der Waals surface area contributed by atoms with E-state index in [-0.39, 0.29) is 5.41 Å². The molecule has 1 aliphatic rings. The maximum Gasteiger partial charge on any atom is 0.250 e. The van der Waals surface area contributed by atoms with Crippen molar-refractivity contribution in [2.24, 2.45) is 11.1 Å². The molecular weight excluding hydrogens is 280 g/mol. The highest BCUT2D eigenvalue weighted by atomic mass is 32.2. The van der Waals surface area contributed by atoms with Crippen molar-refractivity contribution >= 4 is 21.4 Å². The van der Waals surface area contributed by atoms with Gasteiger partial charge in [0.15, 0.2) is 0 Å². The van der Waals surface area contributed by atoms with Crippen molar-refractivity contribution in [3.8, 4) is 0 Å². The molecule has 0 amide bonds. The largest absolute Gasteiger partial charge is 0.330 e. The molecule has 1 aromatic rings. The van der Waals surface area contributed by atoms with E-state index in [2.05, 4.69) is 11.6 Å². The Morgan fingerprint density at radius 2 is 2.16 bits per heavy atom. The van der Waals surface area contributed by atoms with Gasteiger partial charge in [-0.15, -0.1) is 11.3 Å². The fraction of sp³-hybridized carbons (Fsp3) is 0.692. The molecule has 19 heavy (non-hydrogen) atoms. The summed E-state index contributed by atoms with van der Waals surface area (Å²) < 4.78 is 27.6. The number of hydrogen-bond donors (Lipinski definition) is 2. The third kappa shape index (κ3) is 3.78. The smallest absolute Gasteiger partial charge is 0.250 e. The molecular formula is C13H22N2O2S2. The molecule has 2 rings (SSSR count). The van der Waals surface area contributed by atoms with Crippen molar-refractivity contribution in [2.75, 3.05) is 13.1 Å². The lowest BCUT2D eigenvalue weighted by atomic mass is 10.0. The zero-order valence-corrected chi connectivity index (χ0v) is 12.9. The molecule has 4 nitrogen and oxygen atoms in total. The van der Waals surface area contributed by atoms with Crippen molar-refractivity contribution < 1.29 is 8.42 Å². The number of hydrogen-bond acceptors (Lipinski definition) is 4. The summed E-state index contributed by atoms with van der Waals surface area (Å²) in [4.78, 5) is 1.03. The fourth-order valence-electron chi connectivity index (χ4n) is 2.32. The first kappa shape index (κ1) is 15.0. The van der Waals surface area contributed by atoms with Gasteiger partial charge in [0, 0.05) is 11.4 Å². The van der Waals surface area contributed by atoms with E-state index < -0.39 is 10.0 Å². The van der Waals surface area contributed by atoms with Gasteiger partial charge in [0.05, 0.1) is 0 Å². The molecule has 0 atom stereocenters. The summed E-state index contributed by atoms with van der Waals surface area (Å²) in [6.45, 7) is 3.27. The molecule has 3 N–H and O–H groups in total. The molecule has 1 heterocycles. The lowest BCUT2D eigenvalue weighted by molar-refractivity contribution is 0.449. The van der Waals surface area contributed by atoms with E-state index in [1.54, 1.807) is 6.07 Å². The number of sulfonamides is 1. The maximum absolute atomic E-state index is 12.2. The molecule has 108 valence electrons. The monoisotopic (exact) mass is 302 g/mol. The molecule has 0 unspecified atom stereocenters. The van der Waals surface area contributed by atoms with E-state index in [4.69, 9.17) is 5.73 Å². The highest BCUT2D eigenvalue weighted by molar-refractivity contribution is 7.91. The van der Waals surface area contributed by atoms with Crippen molar-refractivity contribution in [2.45, 2.75) is 43.2 Å². The van der Waals surface area contributed by atoms with E-state index in [0.29, 0.717) is 17.3 Å². The first-order chi connectivity index (χ1) is 9.01. The summed E-state index contributed by atoms with van der Waals surface area (Å²) in [5.41, 5.74) is 5.71. The second kappa shape index (κ2) is 5.91. The molecule has 0 spiro atoms.